The maximum absolute atomic E-state index is 5.96. The minimum atomic E-state index is 0.440. The first kappa shape index (κ1) is 12.9. The van der Waals surface area contributed by atoms with Crippen molar-refractivity contribution in [2.45, 2.75) is 50.7 Å². The number of piperidine rings is 1. The maximum atomic E-state index is 5.96. The van der Waals surface area contributed by atoms with Crippen molar-refractivity contribution in [3.63, 3.8) is 0 Å². The lowest BCUT2D eigenvalue weighted by Gasteiger charge is -2.41. The minimum Gasteiger partial charge on any atom is -0.381 e. The van der Waals surface area contributed by atoms with Gasteiger partial charge in [0.15, 0.2) is 0 Å². The number of hydrogen-bond donors (Lipinski definition) is 1. The van der Waals surface area contributed by atoms with Gasteiger partial charge in [0.2, 0.25) is 0 Å². The first-order valence-corrected chi connectivity index (χ1v) is 7.77. The van der Waals surface area contributed by atoms with E-state index in [4.69, 9.17) is 10.5 Å². The van der Waals surface area contributed by atoms with Crippen molar-refractivity contribution >= 4 is 0 Å². The second kappa shape index (κ2) is 5.48. The van der Waals surface area contributed by atoms with E-state index in [0.717, 1.165) is 30.7 Å². The summed E-state index contributed by atoms with van der Waals surface area (Å²) >= 11 is 0. The van der Waals surface area contributed by atoms with Gasteiger partial charge in [0.1, 0.15) is 0 Å². The number of nitrogens with two attached hydrogens (primary N) is 1. The zero-order valence-electron chi connectivity index (χ0n) is 11.7. The molecule has 2 saturated carbocycles. The summed E-state index contributed by atoms with van der Waals surface area (Å²) in [5.74, 6) is 3.07. The second-order valence-corrected chi connectivity index (χ2v) is 6.70. The molecule has 0 radical (unpaired) electrons. The Morgan fingerprint density at radius 1 is 1.17 bits per heavy atom. The monoisotopic (exact) mass is 252 g/mol. The summed E-state index contributed by atoms with van der Waals surface area (Å²) in [5, 5.41) is 0. The van der Waals surface area contributed by atoms with Gasteiger partial charge in [-0.15, -0.1) is 0 Å². The molecule has 104 valence electrons. The number of fused-ring (bicyclic) bond motifs is 2. The molecule has 3 rings (SSSR count). The third-order valence-corrected chi connectivity index (χ3v) is 5.75. The highest BCUT2D eigenvalue weighted by atomic mass is 16.5. The summed E-state index contributed by atoms with van der Waals surface area (Å²) in [5.41, 5.74) is 5.96. The fraction of sp³-hybridized carbons (Fsp3) is 1.00. The molecule has 0 aromatic carbocycles. The Kier molecular flexibility index (Phi) is 3.92. The van der Waals surface area contributed by atoms with Crippen molar-refractivity contribution < 1.29 is 4.74 Å². The van der Waals surface area contributed by atoms with Gasteiger partial charge in [-0.2, -0.15) is 0 Å². The van der Waals surface area contributed by atoms with E-state index in [1.165, 1.54) is 45.2 Å². The van der Waals surface area contributed by atoms with Crippen LogP contribution in [0, 0.1) is 17.8 Å². The van der Waals surface area contributed by atoms with Crippen molar-refractivity contribution in [2.75, 3.05) is 26.7 Å². The summed E-state index contributed by atoms with van der Waals surface area (Å²) in [7, 11) is 1.84. The van der Waals surface area contributed by atoms with E-state index in [0.29, 0.717) is 12.1 Å². The Morgan fingerprint density at radius 2 is 2.06 bits per heavy atom. The van der Waals surface area contributed by atoms with Gasteiger partial charge in [0.25, 0.3) is 0 Å². The number of ether oxygens (including phenoxy) is 1. The molecule has 1 saturated heterocycles. The number of methoxy groups -OCH3 is 1. The molecule has 0 spiro atoms. The van der Waals surface area contributed by atoms with Crippen LogP contribution in [0.3, 0.4) is 0 Å². The normalized spacial score (nSPS) is 44.7. The molecule has 2 aliphatic carbocycles. The molecule has 3 fully saturated rings. The number of hydrogen-bond acceptors (Lipinski definition) is 3. The molecule has 5 unspecified atom stereocenters. The first-order chi connectivity index (χ1) is 8.80. The molecule has 1 aliphatic heterocycles. The maximum Gasteiger partial charge on any atom is 0.0599 e. The van der Waals surface area contributed by atoms with Crippen molar-refractivity contribution in [2.24, 2.45) is 23.5 Å². The van der Waals surface area contributed by atoms with Gasteiger partial charge in [-0.05, 0) is 49.9 Å². The van der Waals surface area contributed by atoms with Crippen LogP contribution < -0.4 is 5.73 Å². The smallest absolute Gasteiger partial charge is 0.0599 e. The van der Waals surface area contributed by atoms with Gasteiger partial charge in [0.05, 0.1) is 6.10 Å². The molecule has 5 atom stereocenters. The van der Waals surface area contributed by atoms with Crippen LogP contribution in [0.25, 0.3) is 0 Å². The molecule has 0 aromatic heterocycles. The third kappa shape index (κ3) is 2.45. The van der Waals surface area contributed by atoms with Gasteiger partial charge < -0.3 is 10.5 Å². The van der Waals surface area contributed by atoms with Gasteiger partial charge in [-0.1, -0.05) is 6.42 Å². The van der Waals surface area contributed by atoms with Crippen molar-refractivity contribution in [1.82, 2.24) is 4.90 Å². The zero-order chi connectivity index (χ0) is 12.5. The first-order valence-electron chi connectivity index (χ1n) is 7.77. The van der Waals surface area contributed by atoms with E-state index in [1.54, 1.807) is 0 Å². The SMILES string of the molecule is COC1CCN(CC2CC3CCC2C3)C(CN)C1. The highest BCUT2D eigenvalue weighted by Crippen LogP contribution is 2.48. The number of likely N-dealkylation sites (tertiary alicyclic amines) is 1. The predicted molar refractivity (Wildman–Crippen MR) is 73.4 cm³/mol. The van der Waals surface area contributed by atoms with Crippen molar-refractivity contribution in [3.05, 3.63) is 0 Å². The van der Waals surface area contributed by atoms with Crippen LogP contribution in [0.4, 0.5) is 0 Å². The van der Waals surface area contributed by atoms with Crippen molar-refractivity contribution in [3.8, 4) is 0 Å². The Balaban J connectivity index is 1.55. The van der Waals surface area contributed by atoms with Gasteiger partial charge in [-0.3, -0.25) is 4.90 Å². The summed E-state index contributed by atoms with van der Waals surface area (Å²) in [6.45, 7) is 3.29. The highest BCUT2D eigenvalue weighted by molar-refractivity contribution is 4.93. The molecule has 0 aromatic rings. The molecule has 0 amide bonds. The van der Waals surface area contributed by atoms with Crippen LogP contribution in [0.15, 0.2) is 0 Å². The summed E-state index contributed by atoms with van der Waals surface area (Å²) < 4.78 is 5.51. The lowest BCUT2D eigenvalue weighted by atomic mass is 9.87. The quantitative estimate of drug-likeness (QED) is 0.830. The predicted octanol–water partition coefficient (Wildman–Crippen LogP) is 1.86. The fourth-order valence-corrected chi connectivity index (χ4v) is 4.66. The molecule has 2 bridgehead atoms. The molecule has 1 heterocycles. The van der Waals surface area contributed by atoms with E-state index in [9.17, 15) is 0 Å². The molecule has 3 aliphatic rings. The molecular weight excluding hydrogens is 224 g/mol. The summed E-state index contributed by atoms with van der Waals surface area (Å²) in [4.78, 5) is 2.67. The van der Waals surface area contributed by atoms with Gasteiger partial charge in [-0.25, -0.2) is 0 Å². The largest absolute Gasteiger partial charge is 0.381 e. The van der Waals surface area contributed by atoms with E-state index in [1.807, 2.05) is 7.11 Å². The standard InChI is InChI=1S/C15H28N2O/c1-18-15-4-5-17(14(8-15)9-16)10-13-7-11-2-3-12(13)6-11/h11-15H,2-10,16H2,1H3. The van der Waals surface area contributed by atoms with Gasteiger partial charge >= 0.3 is 0 Å². The van der Waals surface area contributed by atoms with Gasteiger partial charge in [0, 0.05) is 32.8 Å². The van der Waals surface area contributed by atoms with Crippen LogP contribution in [0.5, 0.6) is 0 Å². The Bertz CT molecular complexity index is 284. The Labute approximate surface area is 111 Å². The van der Waals surface area contributed by atoms with E-state index < -0.39 is 0 Å². The van der Waals surface area contributed by atoms with E-state index in [-0.39, 0.29) is 0 Å². The Hall–Kier alpha value is -0.120. The lowest BCUT2D eigenvalue weighted by Crippen LogP contribution is -2.50. The highest BCUT2D eigenvalue weighted by Gasteiger charge is 2.41. The topological polar surface area (TPSA) is 38.5 Å². The number of rotatable bonds is 4. The molecule has 18 heavy (non-hydrogen) atoms. The van der Waals surface area contributed by atoms with Crippen LogP contribution in [-0.4, -0.2) is 43.8 Å². The minimum absolute atomic E-state index is 0.440. The Morgan fingerprint density at radius 3 is 2.67 bits per heavy atom. The van der Waals surface area contributed by atoms with Crippen LogP contribution in [0.2, 0.25) is 0 Å². The van der Waals surface area contributed by atoms with E-state index in [2.05, 4.69) is 4.90 Å². The molecular formula is C15H28N2O. The lowest BCUT2D eigenvalue weighted by molar-refractivity contribution is 0.00446. The molecule has 3 heteroatoms. The summed E-state index contributed by atoms with van der Waals surface area (Å²) in [6, 6.07) is 0.558. The van der Waals surface area contributed by atoms with E-state index >= 15 is 0 Å². The van der Waals surface area contributed by atoms with Crippen LogP contribution >= 0.6 is 0 Å². The van der Waals surface area contributed by atoms with Crippen LogP contribution in [-0.2, 0) is 4.74 Å². The summed E-state index contributed by atoms with van der Waals surface area (Å²) in [6.07, 6.45) is 8.78. The molecule has 3 nitrogen and oxygen atoms in total. The third-order valence-electron chi connectivity index (χ3n) is 5.75. The van der Waals surface area contributed by atoms with Crippen LogP contribution in [0.1, 0.15) is 38.5 Å². The second-order valence-electron chi connectivity index (χ2n) is 6.70. The number of nitrogens with zero attached hydrogens (tertiary/aromatic N) is 1. The molecule has 2 N–H and O–H groups in total. The average Bonchev–Trinajstić information content (AvgIpc) is 3.01. The average molecular weight is 252 g/mol. The van der Waals surface area contributed by atoms with Crippen molar-refractivity contribution in [1.29, 1.82) is 0 Å². The zero-order valence-corrected chi connectivity index (χ0v) is 11.7. The fourth-order valence-electron chi connectivity index (χ4n) is 4.66.